The molecule has 0 aromatic heterocycles. The molecule has 1 aromatic rings. The van der Waals surface area contributed by atoms with Gasteiger partial charge in [-0.3, -0.25) is 4.79 Å². The van der Waals surface area contributed by atoms with Crippen LogP contribution in [-0.2, 0) is 4.79 Å². The molecule has 17 heavy (non-hydrogen) atoms. The third kappa shape index (κ3) is 3.97. The Bertz CT molecular complexity index is 396. The van der Waals surface area contributed by atoms with Crippen LogP contribution in [0.5, 0.6) is 0 Å². The number of Topliss-reactive ketones (excluding diaryl/α,β-unsaturated/α-hetero) is 1. The number of hydrogen-bond donors (Lipinski definition) is 1. The van der Waals surface area contributed by atoms with Crippen LogP contribution in [0.1, 0.15) is 43.4 Å². The van der Waals surface area contributed by atoms with E-state index in [4.69, 9.17) is 0 Å². The number of rotatable bonds is 5. The fraction of sp³-hybridized carbons (Fsp3) is 0.533. The highest BCUT2D eigenvalue weighted by Crippen LogP contribution is 2.19. The molecule has 0 bridgehead atoms. The lowest BCUT2D eigenvalue weighted by Crippen LogP contribution is -2.30. The number of carbonyl (C=O) groups is 1. The highest BCUT2D eigenvalue weighted by Gasteiger charge is 2.17. The summed E-state index contributed by atoms with van der Waals surface area (Å²) < 4.78 is 0. The molecule has 0 saturated heterocycles. The van der Waals surface area contributed by atoms with Crippen LogP contribution in [0.3, 0.4) is 0 Å². The van der Waals surface area contributed by atoms with Gasteiger partial charge in [-0.15, -0.1) is 0 Å². The van der Waals surface area contributed by atoms with Crippen molar-refractivity contribution in [2.24, 2.45) is 0 Å². The van der Waals surface area contributed by atoms with Crippen LogP contribution in [0.2, 0.25) is 0 Å². The van der Waals surface area contributed by atoms with Crippen molar-refractivity contribution in [1.82, 2.24) is 5.32 Å². The summed E-state index contributed by atoms with van der Waals surface area (Å²) in [6.45, 7) is 10.8. The van der Waals surface area contributed by atoms with Crippen LogP contribution in [0.25, 0.3) is 0 Å². The minimum absolute atomic E-state index is 0.0308. The van der Waals surface area contributed by atoms with Crippen molar-refractivity contribution < 1.29 is 4.79 Å². The SMILES string of the molecule is CC(=O)[C@H](CNC(C)C)c1ccc(C)c(C)c1. The van der Waals surface area contributed by atoms with E-state index < -0.39 is 0 Å². The van der Waals surface area contributed by atoms with Crippen LogP contribution in [0.4, 0.5) is 0 Å². The molecule has 0 aliphatic carbocycles. The summed E-state index contributed by atoms with van der Waals surface area (Å²) in [5.41, 5.74) is 3.64. The zero-order chi connectivity index (χ0) is 13.0. The number of carbonyl (C=O) groups excluding carboxylic acids is 1. The standard InChI is InChI=1S/C15H23NO/c1-10(2)16-9-15(13(5)17)14-7-6-11(3)12(4)8-14/h6-8,10,15-16H,9H2,1-5H3/t15-/m0/s1. The second kappa shape index (κ2) is 5.97. The van der Waals surface area contributed by atoms with E-state index in [-0.39, 0.29) is 11.7 Å². The third-order valence-electron chi connectivity index (χ3n) is 3.15. The summed E-state index contributed by atoms with van der Waals surface area (Å²) in [6.07, 6.45) is 0. The van der Waals surface area contributed by atoms with Gasteiger partial charge in [0.05, 0.1) is 5.92 Å². The van der Waals surface area contributed by atoms with Crippen LogP contribution < -0.4 is 5.32 Å². The molecule has 0 aliphatic rings. The Labute approximate surface area is 104 Å². The first-order valence-corrected chi connectivity index (χ1v) is 6.22. The van der Waals surface area contributed by atoms with E-state index in [2.05, 4.69) is 51.2 Å². The molecular weight excluding hydrogens is 210 g/mol. The second-order valence-corrected chi connectivity index (χ2v) is 5.07. The van der Waals surface area contributed by atoms with Gasteiger partial charge in [0.1, 0.15) is 5.78 Å². The van der Waals surface area contributed by atoms with Gasteiger partial charge in [-0.1, -0.05) is 32.0 Å². The molecular formula is C15H23NO. The molecule has 0 aliphatic heterocycles. The van der Waals surface area contributed by atoms with Gasteiger partial charge >= 0.3 is 0 Å². The van der Waals surface area contributed by atoms with Gasteiger partial charge in [0.2, 0.25) is 0 Å². The van der Waals surface area contributed by atoms with Crippen molar-refractivity contribution in [1.29, 1.82) is 0 Å². The van der Waals surface area contributed by atoms with Crippen molar-refractivity contribution in [3.05, 3.63) is 34.9 Å². The molecule has 1 atom stereocenters. The predicted molar refractivity (Wildman–Crippen MR) is 72.5 cm³/mol. The van der Waals surface area contributed by atoms with E-state index in [1.807, 2.05) is 0 Å². The molecule has 1 aromatic carbocycles. The minimum atomic E-state index is -0.0308. The third-order valence-corrected chi connectivity index (χ3v) is 3.15. The number of hydrogen-bond acceptors (Lipinski definition) is 2. The Morgan fingerprint density at radius 2 is 1.88 bits per heavy atom. The monoisotopic (exact) mass is 233 g/mol. The zero-order valence-electron chi connectivity index (χ0n) is 11.5. The molecule has 0 radical (unpaired) electrons. The summed E-state index contributed by atoms with van der Waals surface area (Å²) in [5, 5.41) is 3.34. The van der Waals surface area contributed by atoms with E-state index in [0.29, 0.717) is 6.04 Å². The molecule has 1 N–H and O–H groups in total. The average molecular weight is 233 g/mol. The lowest BCUT2D eigenvalue weighted by molar-refractivity contribution is -0.118. The Hall–Kier alpha value is -1.15. The molecule has 2 heteroatoms. The Kier molecular flexibility index (Phi) is 4.88. The smallest absolute Gasteiger partial charge is 0.138 e. The maximum Gasteiger partial charge on any atom is 0.138 e. The van der Waals surface area contributed by atoms with Crippen molar-refractivity contribution >= 4 is 5.78 Å². The minimum Gasteiger partial charge on any atom is -0.313 e. The number of ketones is 1. The largest absolute Gasteiger partial charge is 0.313 e. The Morgan fingerprint density at radius 1 is 1.24 bits per heavy atom. The molecule has 0 amide bonds. The van der Waals surface area contributed by atoms with Crippen LogP contribution in [0, 0.1) is 13.8 Å². The number of aryl methyl sites for hydroxylation is 2. The van der Waals surface area contributed by atoms with Crippen LogP contribution >= 0.6 is 0 Å². The van der Waals surface area contributed by atoms with E-state index >= 15 is 0 Å². The van der Waals surface area contributed by atoms with Crippen molar-refractivity contribution in [3.8, 4) is 0 Å². The lowest BCUT2D eigenvalue weighted by atomic mass is 9.92. The van der Waals surface area contributed by atoms with Gasteiger partial charge in [0.15, 0.2) is 0 Å². The van der Waals surface area contributed by atoms with Crippen molar-refractivity contribution in [2.45, 2.75) is 46.6 Å². The molecule has 0 heterocycles. The second-order valence-electron chi connectivity index (χ2n) is 5.07. The van der Waals surface area contributed by atoms with Gasteiger partial charge in [-0.2, -0.15) is 0 Å². The average Bonchev–Trinajstić information content (AvgIpc) is 2.22. The van der Waals surface area contributed by atoms with Gasteiger partial charge in [-0.25, -0.2) is 0 Å². The summed E-state index contributed by atoms with van der Waals surface area (Å²) in [5.74, 6) is 0.193. The Balaban J connectivity index is 2.89. The van der Waals surface area contributed by atoms with Crippen molar-refractivity contribution in [2.75, 3.05) is 6.54 Å². The molecule has 0 spiro atoms. The van der Waals surface area contributed by atoms with Crippen molar-refractivity contribution in [3.63, 3.8) is 0 Å². The quantitative estimate of drug-likeness (QED) is 0.847. The van der Waals surface area contributed by atoms with E-state index in [9.17, 15) is 4.79 Å². The first kappa shape index (κ1) is 13.9. The zero-order valence-corrected chi connectivity index (χ0v) is 11.5. The van der Waals surface area contributed by atoms with E-state index in [0.717, 1.165) is 12.1 Å². The number of nitrogens with one attached hydrogen (secondary N) is 1. The summed E-state index contributed by atoms with van der Waals surface area (Å²) in [6, 6.07) is 6.69. The molecule has 1 rings (SSSR count). The first-order valence-electron chi connectivity index (χ1n) is 6.22. The summed E-state index contributed by atoms with van der Waals surface area (Å²) in [7, 11) is 0. The lowest BCUT2D eigenvalue weighted by Gasteiger charge is -2.18. The van der Waals surface area contributed by atoms with Gasteiger partial charge < -0.3 is 5.32 Å². The fourth-order valence-corrected chi connectivity index (χ4v) is 1.83. The molecule has 2 nitrogen and oxygen atoms in total. The fourth-order valence-electron chi connectivity index (χ4n) is 1.83. The summed E-state index contributed by atoms with van der Waals surface area (Å²) in [4.78, 5) is 11.7. The Morgan fingerprint density at radius 3 is 2.35 bits per heavy atom. The predicted octanol–water partition coefficient (Wildman–Crippen LogP) is 2.97. The van der Waals surface area contributed by atoms with E-state index in [1.54, 1.807) is 6.92 Å². The molecule has 0 saturated carbocycles. The maximum atomic E-state index is 11.7. The van der Waals surface area contributed by atoms with Crippen LogP contribution in [-0.4, -0.2) is 18.4 Å². The molecule has 0 unspecified atom stereocenters. The highest BCUT2D eigenvalue weighted by atomic mass is 16.1. The van der Waals surface area contributed by atoms with Crippen LogP contribution in [0.15, 0.2) is 18.2 Å². The first-order chi connectivity index (χ1) is 7.91. The van der Waals surface area contributed by atoms with Gasteiger partial charge in [0, 0.05) is 12.6 Å². The van der Waals surface area contributed by atoms with Gasteiger partial charge in [0.25, 0.3) is 0 Å². The van der Waals surface area contributed by atoms with Gasteiger partial charge in [-0.05, 0) is 37.5 Å². The number of benzene rings is 1. The molecule has 94 valence electrons. The van der Waals surface area contributed by atoms with E-state index in [1.165, 1.54) is 11.1 Å². The maximum absolute atomic E-state index is 11.7. The normalized spacial score (nSPS) is 12.8. The summed E-state index contributed by atoms with van der Waals surface area (Å²) >= 11 is 0. The topological polar surface area (TPSA) is 29.1 Å². The molecule has 0 fully saturated rings. The highest BCUT2D eigenvalue weighted by molar-refractivity contribution is 5.83.